The molecule has 1 atom stereocenters. The van der Waals surface area contributed by atoms with E-state index in [0.717, 1.165) is 27.8 Å². The Morgan fingerprint density at radius 3 is 2.35 bits per heavy atom. The second kappa shape index (κ2) is 5.57. The summed E-state index contributed by atoms with van der Waals surface area (Å²) in [6.07, 6.45) is 7.61. The minimum absolute atomic E-state index is 0.0324. The van der Waals surface area contributed by atoms with Crippen LogP contribution in [0.25, 0.3) is 0 Å². The van der Waals surface area contributed by atoms with Gasteiger partial charge < -0.3 is 4.74 Å². The van der Waals surface area contributed by atoms with Crippen molar-refractivity contribution < 1.29 is 9.53 Å². The van der Waals surface area contributed by atoms with Gasteiger partial charge in [-0.15, -0.1) is 5.10 Å². The molecule has 1 heterocycles. The number of carbonyl (C=O) groups excluding carboxylic acids is 1. The zero-order valence-electron chi connectivity index (χ0n) is 15.4. The number of hydrazone groups is 1. The zero-order valence-corrected chi connectivity index (χ0v) is 17.0. The van der Waals surface area contributed by atoms with E-state index in [9.17, 15) is 4.79 Å². The maximum atomic E-state index is 12.5. The van der Waals surface area contributed by atoms with Crippen LogP contribution in [0.3, 0.4) is 0 Å². The molecule has 0 spiro atoms. The maximum Gasteiger partial charge on any atom is 0.243 e. The average Bonchev–Trinajstić information content (AvgIpc) is 2.94. The van der Waals surface area contributed by atoms with Gasteiger partial charge in [0.25, 0.3) is 0 Å². The summed E-state index contributed by atoms with van der Waals surface area (Å²) in [7, 11) is 0. The average molecular weight is 417 g/mol. The van der Waals surface area contributed by atoms with E-state index in [1.807, 2.05) is 24.3 Å². The van der Waals surface area contributed by atoms with Crippen molar-refractivity contribution in [3.8, 4) is 0 Å². The second-order valence-electron chi connectivity index (χ2n) is 9.03. The van der Waals surface area contributed by atoms with E-state index in [1.165, 1.54) is 38.5 Å². The lowest BCUT2D eigenvalue weighted by molar-refractivity contribution is -0.216. The van der Waals surface area contributed by atoms with Crippen molar-refractivity contribution in [1.82, 2.24) is 5.01 Å². The van der Waals surface area contributed by atoms with E-state index in [4.69, 9.17) is 4.74 Å². The number of rotatable bonds is 2. The van der Waals surface area contributed by atoms with Gasteiger partial charge in [0.05, 0.1) is 0 Å². The predicted molar refractivity (Wildman–Crippen MR) is 103 cm³/mol. The van der Waals surface area contributed by atoms with Gasteiger partial charge in [0.15, 0.2) is 0 Å². The first-order valence-electron chi connectivity index (χ1n) is 9.73. The molecule has 4 aliphatic carbocycles. The first-order chi connectivity index (χ1) is 12.4. The number of nitrogens with zero attached hydrogens (tertiary/aromatic N) is 2. The lowest BCUT2D eigenvalue weighted by Gasteiger charge is -2.61. The van der Waals surface area contributed by atoms with Crippen LogP contribution in [0.4, 0.5) is 0 Å². The molecule has 4 nitrogen and oxygen atoms in total. The normalized spacial score (nSPS) is 40.5. The van der Waals surface area contributed by atoms with Crippen molar-refractivity contribution in [1.29, 1.82) is 0 Å². The standard InChI is InChI=1S/C21H25BrN2O2/c1-13(25)24-20(2,26-19(23-24)17-4-3-5-18(22)9-17)21-10-14-6-15(11-21)8-16(7-14)12-21/h3-5,9,14-16H,6-8,10-12H2,1-2H3. The summed E-state index contributed by atoms with van der Waals surface area (Å²) in [6, 6.07) is 7.96. The van der Waals surface area contributed by atoms with Crippen LogP contribution in [0, 0.1) is 23.2 Å². The van der Waals surface area contributed by atoms with Gasteiger partial charge in [-0.2, -0.15) is 5.01 Å². The number of benzene rings is 1. The highest BCUT2D eigenvalue weighted by atomic mass is 79.9. The first kappa shape index (κ1) is 16.8. The predicted octanol–water partition coefficient (Wildman–Crippen LogP) is 4.92. The van der Waals surface area contributed by atoms with E-state index in [0.29, 0.717) is 5.90 Å². The minimum Gasteiger partial charge on any atom is -0.447 e. The summed E-state index contributed by atoms with van der Waals surface area (Å²) in [5.41, 5.74) is 0.274. The smallest absolute Gasteiger partial charge is 0.243 e. The Morgan fingerprint density at radius 1 is 1.19 bits per heavy atom. The molecule has 1 aliphatic heterocycles. The SMILES string of the molecule is CC(=O)N1N=C(c2cccc(Br)c2)OC1(C)C12CC3CC(CC(C3)C1)C2. The Labute approximate surface area is 163 Å². The third kappa shape index (κ3) is 2.32. The fourth-order valence-electron chi connectivity index (χ4n) is 6.56. The number of amides is 1. The molecule has 6 rings (SSSR count). The van der Waals surface area contributed by atoms with Crippen molar-refractivity contribution in [3.05, 3.63) is 34.3 Å². The molecule has 4 fully saturated rings. The molecular formula is C21H25BrN2O2. The summed E-state index contributed by atoms with van der Waals surface area (Å²) in [5.74, 6) is 2.93. The number of hydrogen-bond donors (Lipinski definition) is 0. The molecule has 1 unspecified atom stereocenters. The van der Waals surface area contributed by atoms with E-state index in [1.54, 1.807) is 11.9 Å². The highest BCUT2D eigenvalue weighted by Gasteiger charge is 2.65. The molecule has 0 aromatic heterocycles. The maximum absolute atomic E-state index is 12.5. The van der Waals surface area contributed by atoms with Gasteiger partial charge in [-0.05, 0) is 81.4 Å². The Morgan fingerprint density at radius 2 is 1.81 bits per heavy atom. The molecule has 0 N–H and O–H groups in total. The lowest BCUT2D eigenvalue weighted by Crippen LogP contribution is -2.63. The van der Waals surface area contributed by atoms with Gasteiger partial charge in [0.1, 0.15) is 0 Å². The minimum atomic E-state index is -0.674. The van der Waals surface area contributed by atoms with Gasteiger partial charge >= 0.3 is 0 Å². The van der Waals surface area contributed by atoms with Gasteiger partial charge in [-0.25, -0.2) is 0 Å². The monoisotopic (exact) mass is 416 g/mol. The van der Waals surface area contributed by atoms with E-state index >= 15 is 0 Å². The Kier molecular flexibility index (Phi) is 3.60. The quantitative estimate of drug-likeness (QED) is 0.686. The van der Waals surface area contributed by atoms with E-state index in [2.05, 4.69) is 28.0 Å². The summed E-state index contributed by atoms with van der Waals surface area (Å²) in [5, 5.41) is 6.32. The molecule has 4 bridgehead atoms. The van der Waals surface area contributed by atoms with Crippen LogP contribution in [0.5, 0.6) is 0 Å². The van der Waals surface area contributed by atoms with Crippen molar-refractivity contribution in [2.75, 3.05) is 0 Å². The summed E-state index contributed by atoms with van der Waals surface area (Å²) >= 11 is 3.52. The molecule has 4 saturated carbocycles. The Balaban J connectivity index is 1.55. The van der Waals surface area contributed by atoms with Crippen LogP contribution in [0.2, 0.25) is 0 Å². The Hall–Kier alpha value is -1.36. The largest absolute Gasteiger partial charge is 0.447 e. The molecule has 0 radical (unpaired) electrons. The summed E-state index contributed by atoms with van der Waals surface area (Å²) < 4.78 is 7.57. The second-order valence-corrected chi connectivity index (χ2v) is 9.94. The van der Waals surface area contributed by atoms with Crippen molar-refractivity contribution in [2.45, 2.75) is 58.1 Å². The molecule has 26 heavy (non-hydrogen) atoms. The topological polar surface area (TPSA) is 41.9 Å². The van der Waals surface area contributed by atoms with Crippen LogP contribution in [-0.4, -0.2) is 22.5 Å². The highest BCUT2D eigenvalue weighted by Crippen LogP contribution is 2.65. The van der Waals surface area contributed by atoms with Gasteiger partial charge in [-0.3, -0.25) is 4.79 Å². The third-order valence-corrected chi connectivity index (χ3v) is 7.78. The number of ether oxygens (including phenoxy) is 1. The van der Waals surface area contributed by atoms with Gasteiger partial charge in [0, 0.05) is 22.4 Å². The molecular weight excluding hydrogens is 392 g/mol. The van der Waals surface area contributed by atoms with Crippen LogP contribution in [0.1, 0.15) is 57.9 Å². The van der Waals surface area contributed by atoms with E-state index in [-0.39, 0.29) is 11.3 Å². The Bertz CT molecular complexity index is 770. The molecule has 1 aromatic rings. The number of hydrogen-bond acceptors (Lipinski definition) is 3. The van der Waals surface area contributed by atoms with Crippen LogP contribution in [-0.2, 0) is 9.53 Å². The van der Waals surface area contributed by atoms with Crippen LogP contribution < -0.4 is 0 Å². The summed E-state index contributed by atoms with van der Waals surface area (Å²) in [6.45, 7) is 3.71. The first-order valence-corrected chi connectivity index (χ1v) is 10.5. The molecule has 0 saturated heterocycles. The van der Waals surface area contributed by atoms with E-state index < -0.39 is 5.72 Å². The molecule has 1 amide bonds. The zero-order chi connectivity index (χ0) is 18.1. The highest BCUT2D eigenvalue weighted by molar-refractivity contribution is 9.10. The fourth-order valence-corrected chi connectivity index (χ4v) is 6.96. The third-order valence-electron chi connectivity index (χ3n) is 7.28. The molecule has 5 heteroatoms. The molecule has 1 aromatic carbocycles. The van der Waals surface area contributed by atoms with Crippen LogP contribution in [0.15, 0.2) is 33.8 Å². The number of halogens is 1. The van der Waals surface area contributed by atoms with Gasteiger partial charge in [0.2, 0.25) is 17.5 Å². The number of carbonyl (C=O) groups is 1. The van der Waals surface area contributed by atoms with Gasteiger partial charge in [-0.1, -0.05) is 22.0 Å². The molecule has 138 valence electrons. The van der Waals surface area contributed by atoms with Crippen molar-refractivity contribution in [2.24, 2.45) is 28.3 Å². The molecule has 5 aliphatic rings. The fraction of sp³-hybridized carbons (Fsp3) is 0.619. The van der Waals surface area contributed by atoms with Crippen molar-refractivity contribution >= 4 is 27.7 Å². The van der Waals surface area contributed by atoms with Crippen LogP contribution >= 0.6 is 15.9 Å². The summed E-state index contributed by atoms with van der Waals surface area (Å²) in [4.78, 5) is 12.5. The van der Waals surface area contributed by atoms with Crippen molar-refractivity contribution in [3.63, 3.8) is 0 Å². The lowest BCUT2D eigenvalue weighted by atomic mass is 9.47.